The summed E-state index contributed by atoms with van der Waals surface area (Å²) in [7, 11) is 1.62. The lowest BCUT2D eigenvalue weighted by molar-refractivity contribution is -0.121. The van der Waals surface area contributed by atoms with Crippen molar-refractivity contribution < 1.29 is 4.79 Å². The molecule has 0 aliphatic carbocycles. The maximum absolute atomic E-state index is 11.2. The Morgan fingerprint density at radius 2 is 2.36 bits per heavy atom. The fourth-order valence-electron chi connectivity index (χ4n) is 1.27. The largest absolute Gasteiger partial charge is 0.358 e. The van der Waals surface area contributed by atoms with Crippen LogP contribution in [-0.2, 0) is 11.3 Å². The number of aromatic amines is 1. The molecule has 78 valence electrons. The first-order valence-electron chi connectivity index (χ1n) is 4.55. The molecule has 1 amide bonds. The summed E-state index contributed by atoms with van der Waals surface area (Å²) in [5.41, 5.74) is 1.05. The van der Waals surface area contributed by atoms with Crippen LogP contribution in [0.3, 0.4) is 0 Å². The average molecular weight is 213 g/mol. The number of rotatable bonds is 3. The van der Waals surface area contributed by atoms with Crippen molar-refractivity contribution in [3.05, 3.63) is 16.7 Å². The number of hydrogen-bond donors (Lipinski definition) is 2. The molecule has 1 rings (SSSR count). The highest BCUT2D eigenvalue weighted by Gasteiger charge is 2.09. The number of H-pyrrole nitrogens is 1. The van der Waals surface area contributed by atoms with E-state index in [2.05, 4.69) is 24.1 Å². The third-order valence-electron chi connectivity index (χ3n) is 2.07. The van der Waals surface area contributed by atoms with Gasteiger partial charge in [-0.2, -0.15) is 0 Å². The summed E-state index contributed by atoms with van der Waals surface area (Å²) < 4.78 is 2.41. The van der Waals surface area contributed by atoms with E-state index in [1.54, 1.807) is 7.05 Å². The monoisotopic (exact) mass is 213 g/mol. The summed E-state index contributed by atoms with van der Waals surface area (Å²) in [6, 6.07) is 0. The molecule has 1 aromatic heterocycles. The van der Waals surface area contributed by atoms with Gasteiger partial charge in [-0.3, -0.25) is 4.79 Å². The minimum Gasteiger partial charge on any atom is -0.358 e. The van der Waals surface area contributed by atoms with Crippen molar-refractivity contribution >= 4 is 18.1 Å². The van der Waals surface area contributed by atoms with Gasteiger partial charge in [-0.25, -0.2) is 0 Å². The molecule has 0 aliphatic heterocycles. The minimum absolute atomic E-state index is 0.0393. The van der Waals surface area contributed by atoms with Crippen molar-refractivity contribution in [3.63, 3.8) is 0 Å². The molecule has 0 bridgehead atoms. The normalized spacial score (nSPS) is 10.6. The second kappa shape index (κ2) is 4.41. The van der Waals surface area contributed by atoms with Crippen LogP contribution in [0.15, 0.2) is 6.20 Å². The molecule has 0 aromatic carbocycles. The number of carbonyl (C=O) groups is 1. The zero-order valence-electron chi connectivity index (χ0n) is 8.63. The average Bonchev–Trinajstić information content (AvgIpc) is 2.48. The fraction of sp³-hybridized carbons (Fsp3) is 0.556. The fourth-order valence-corrected chi connectivity index (χ4v) is 1.50. The van der Waals surface area contributed by atoms with E-state index in [4.69, 9.17) is 12.2 Å². The summed E-state index contributed by atoms with van der Waals surface area (Å²) in [5, 5.41) is 2.58. The Labute approximate surface area is 88.3 Å². The van der Waals surface area contributed by atoms with Crippen LogP contribution in [0.5, 0.6) is 0 Å². The number of aromatic nitrogens is 2. The molecule has 4 nitrogen and oxygen atoms in total. The van der Waals surface area contributed by atoms with Gasteiger partial charge in [0.05, 0.1) is 0 Å². The highest BCUT2D eigenvalue weighted by atomic mass is 32.1. The molecule has 0 spiro atoms. The predicted octanol–water partition coefficient (Wildman–Crippen LogP) is 1.42. The van der Waals surface area contributed by atoms with Gasteiger partial charge in [-0.05, 0) is 18.1 Å². The first-order valence-corrected chi connectivity index (χ1v) is 4.95. The molecule has 14 heavy (non-hydrogen) atoms. The second-order valence-corrected chi connectivity index (χ2v) is 3.82. The van der Waals surface area contributed by atoms with Gasteiger partial charge < -0.3 is 14.9 Å². The maximum Gasteiger partial charge on any atom is 0.239 e. The second-order valence-electron chi connectivity index (χ2n) is 3.43. The molecule has 0 saturated carbocycles. The van der Waals surface area contributed by atoms with Gasteiger partial charge in [0.25, 0.3) is 0 Å². The van der Waals surface area contributed by atoms with E-state index in [0.29, 0.717) is 10.7 Å². The third kappa shape index (κ3) is 2.23. The van der Waals surface area contributed by atoms with Crippen LogP contribution in [0.25, 0.3) is 0 Å². The molecule has 0 unspecified atom stereocenters. The molecule has 0 aliphatic rings. The van der Waals surface area contributed by atoms with Gasteiger partial charge in [0.2, 0.25) is 5.91 Å². The lowest BCUT2D eigenvalue weighted by Crippen LogP contribution is -2.24. The standard InChI is InChI=1S/C9H15N3OS/c1-6(2)7-4-11-9(14)12(7)5-8(13)10-3/h4,6H,5H2,1-3H3,(H,10,13)(H,11,14). The Kier molecular flexibility index (Phi) is 3.46. The van der Waals surface area contributed by atoms with Crippen molar-refractivity contribution in [1.29, 1.82) is 0 Å². The van der Waals surface area contributed by atoms with E-state index < -0.39 is 0 Å². The molecule has 0 atom stereocenters. The summed E-state index contributed by atoms with van der Waals surface area (Å²) in [5.74, 6) is 0.315. The van der Waals surface area contributed by atoms with Gasteiger partial charge >= 0.3 is 0 Å². The van der Waals surface area contributed by atoms with Crippen molar-refractivity contribution in [1.82, 2.24) is 14.9 Å². The van der Waals surface area contributed by atoms with E-state index >= 15 is 0 Å². The van der Waals surface area contributed by atoms with Crippen LogP contribution >= 0.6 is 12.2 Å². The highest BCUT2D eigenvalue weighted by molar-refractivity contribution is 7.71. The minimum atomic E-state index is -0.0393. The van der Waals surface area contributed by atoms with Gasteiger partial charge in [-0.15, -0.1) is 0 Å². The summed E-state index contributed by atoms with van der Waals surface area (Å²) >= 11 is 5.09. The molecule has 0 saturated heterocycles. The molecular weight excluding hydrogens is 198 g/mol. The summed E-state index contributed by atoms with van der Waals surface area (Å²) in [4.78, 5) is 14.2. The SMILES string of the molecule is CNC(=O)Cn1c(C(C)C)c[nH]c1=S. The van der Waals surface area contributed by atoms with Gasteiger partial charge in [0, 0.05) is 18.9 Å². The van der Waals surface area contributed by atoms with Gasteiger partial charge in [-0.1, -0.05) is 13.8 Å². The molecule has 2 N–H and O–H groups in total. The molecule has 5 heteroatoms. The zero-order chi connectivity index (χ0) is 10.7. The molecule has 1 aromatic rings. The van der Waals surface area contributed by atoms with Crippen molar-refractivity contribution in [2.45, 2.75) is 26.3 Å². The van der Waals surface area contributed by atoms with E-state index in [-0.39, 0.29) is 12.5 Å². The quantitative estimate of drug-likeness (QED) is 0.746. The lowest BCUT2D eigenvalue weighted by atomic mass is 10.1. The smallest absolute Gasteiger partial charge is 0.239 e. The Balaban J connectivity index is 3.00. The first-order chi connectivity index (χ1) is 6.56. The van der Waals surface area contributed by atoms with Gasteiger partial charge in [0.15, 0.2) is 4.77 Å². The van der Waals surface area contributed by atoms with Crippen molar-refractivity contribution in [3.8, 4) is 0 Å². The van der Waals surface area contributed by atoms with E-state index in [1.165, 1.54) is 0 Å². The molecule has 0 fully saturated rings. The van der Waals surface area contributed by atoms with Crippen LogP contribution in [0.1, 0.15) is 25.5 Å². The predicted molar refractivity (Wildman–Crippen MR) is 57.8 cm³/mol. The lowest BCUT2D eigenvalue weighted by Gasteiger charge is -2.09. The Bertz CT molecular complexity index is 378. The number of nitrogens with one attached hydrogen (secondary N) is 2. The van der Waals surface area contributed by atoms with E-state index in [9.17, 15) is 4.79 Å². The summed E-state index contributed by atoms with van der Waals surface area (Å²) in [6.07, 6.45) is 1.86. The summed E-state index contributed by atoms with van der Waals surface area (Å²) in [6.45, 7) is 4.42. The van der Waals surface area contributed by atoms with Crippen molar-refractivity contribution in [2.24, 2.45) is 0 Å². The van der Waals surface area contributed by atoms with Crippen molar-refractivity contribution in [2.75, 3.05) is 7.05 Å². The van der Waals surface area contributed by atoms with Crippen LogP contribution in [0.2, 0.25) is 0 Å². The topological polar surface area (TPSA) is 49.8 Å². The highest BCUT2D eigenvalue weighted by Crippen LogP contribution is 2.13. The number of likely N-dealkylation sites (N-methyl/N-ethyl adjacent to an activating group) is 1. The van der Waals surface area contributed by atoms with Crippen LogP contribution in [0, 0.1) is 4.77 Å². The maximum atomic E-state index is 11.2. The molecule has 1 heterocycles. The number of hydrogen-bond acceptors (Lipinski definition) is 2. The van der Waals surface area contributed by atoms with E-state index in [1.807, 2.05) is 10.8 Å². The number of carbonyl (C=O) groups excluding carboxylic acids is 1. The Hall–Kier alpha value is -1.10. The van der Waals surface area contributed by atoms with Crippen LogP contribution in [-0.4, -0.2) is 22.5 Å². The van der Waals surface area contributed by atoms with E-state index in [0.717, 1.165) is 5.69 Å². The molecular formula is C9H15N3OS. The third-order valence-corrected chi connectivity index (χ3v) is 2.41. The van der Waals surface area contributed by atoms with Gasteiger partial charge in [0.1, 0.15) is 6.54 Å². The number of imidazole rings is 1. The molecule has 0 radical (unpaired) electrons. The Morgan fingerprint density at radius 3 is 2.86 bits per heavy atom. The Morgan fingerprint density at radius 1 is 1.71 bits per heavy atom. The first kappa shape index (κ1) is 11.0. The zero-order valence-corrected chi connectivity index (χ0v) is 9.44. The number of nitrogens with zero attached hydrogens (tertiary/aromatic N) is 1. The van der Waals surface area contributed by atoms with Crippen LogP contribution in [0.4, 0.5) is 0 Å². The number of amides is 1. The van der Waals surface area contributed by atoms with Crippen LogP contribution < -0.4 is 5.32 Å².